The van der Waals surface area contributed by atoms with E-state index in [4.69, 9.17) is 5.53 Å². The van der Waals surface area contributed by atoms with Crippen molar-refractivity contribution in [3.8, 4) is 0 Å². The third-order valence-corrected chi connectivity index (χ3v) is 4.10. The van der Waals surface area contributed by atoms with Gasteiger partial charge in [0.1, 0.15) is 0 Å². The summed E-state index contributed by atoms with van der Waals surface area (Å²) in [7, 11) is 0. The molecule has 5 nitrogen and oxygen atoms in total. The van der Waals surface area contributed by atoms with E-state index in [1.165, 1.54) is 0 Å². The average molecular weight is 380 g/mol. The summed E-state index contributed by atoms with van der Waals surface area (Å²) in [6.07, 6.45) is -7.73. The van der Waals surface area contributed by atoms with Gasteiger partial charge in [0.15, 0.2) is 0 Å². The van der Waals surface area contributed by atoms with E-state index >= 15 is 0 Å². The SMILES string of the molecule is [N-]=[N+]=N[C@@H]1CCCC[C@H]1NC(=O)c1cc(C(F)(F)F)cc(C(F)(F)F)c1. The molecule has 0 aromatic heterocycles. The van der Waals surface area contributed by atoms with Crippen LogP contribution in [-0.2, 0) is 12.4 Å². The number of nitrogens with one attached hydrogen (secondary N) is 1. The van der Waals surface area contributed by atoms with Crippen molar-refractivity contribution in [3.05, 3.63) is 45.3 Å². The lowest BCUT2D eigenvalue weighted by Gasteiger charge is -2.29. The molecular weight excluding hydrogens is 366 g/mol. The van der Waals surface area contributed by atoms with E-state index in [0.717, 1.165) is 6.42 Å². The van der Waals surface area contributed by atoms with Crippen LogP contribution in [0.5, 0.6) is 0 Å². The molecule has 0 heterocycles. The fraction of sp³-hybridized carbons (Fsp3) is 0.533. The minimum atomic E-state index is -5.03. The first-order chi connectivity index (χ1) is 12.0. The molecule has 1 aromatic rings. The van der Waals surface area contributed by atoms with Crippen LogP contribution in [0.1, 0.15) is 47.2 Å². The van der Waals surface area contributed by atoms with Gasteiger partial charge >= 0.3 is 12.4 Å². The molecule has 2 atom stereocenters. The Bertz CT molecular complexity index is 692. The van der Waals surface area contributed by atoms with Crippen LogP contribution < -0.4 is 5.32 Å². The summed E-state index contributed by atoms with van der Waals surface area (Å²) in [5, 5.41) is 5.92. The zero-order valence-electron chi connectivity index (χ0n) is 13.2. The molecule has 1 aliphatic carbocycles. The Morgan fingerprint density at radius 3 is 2.08 bits per heavy atom. The molecule has 142 valence electrons. The predicted molar refractivity (Wildman–Crippen MR) is 79.1 cm³/mol. The smallest absolute Gasteiger partial charge is 0.349 e. The Morgan fingerprint density at radius 1 is 1.04 bits per heavy atom. The van der Waals surface area contributed by atoms with Crippen LogP contribution in [0.25, 0.3) is 10.4 Å². The Labute approximate surface area is 144 Å². The molecule has 1 amide bonds. The van der Waals surface area contributed by atoms with E-state index < -0.39 is 47.0 Å². The molecular formula is C15H14F6N4O. The van der Waals surface area contributed by atoms with Crippen molar-refractivity contribution in [1.29, 1.82) is 0 Å². The number of hydrogen-bond acceptors (Lipinski definition) is 2. The van der Waals surface area contributed by atoms with Gasteiger partial charge in [0.05, 0.1) is 17.2 Å². The van der Waals surface area contributed by atoms with Crippen molar-refractivity contribution >= 4 is 5.91 Å². The molecule has 0 aliphatic heterocycles. The molecule has 0 saturated heterocycles. The number of rotatable bonds is 3. The minimum absolute atomic E-state index is 0.0415. The van der Waals surface area contributed by atoms with E-state index in [1.54, 1.807) is 0 Å². The summed E-state index contributed by atoms with van der Waals surface area (Å²) in [5.41, 5.74) is 4.66. The van der Waals surface area contributed by atoms with Gasteiger partial charge in [0.2, 0.25) is 0 Å². The van der Waals surface area contributed by atoms with Crippen molar-refractivity contribution < 1.29 is 31.1 Å². The molecule has 1 fully saturated rings. The Balaban J connectivity index is 2.34. The first-order valence-corrected chi connectivity index (χ1v) is 7.67. The zero-order valence-corrected chi connectivity index (χ0v) is 13.2. The number of nitrogens with zero attached hydrogens (tertiary/aromatic N) is 3. The monoisotopic (exact) mass is 380 g/mol. The lowest BCUT2D eigenvalue weighted by atomic mass is 9.90. The topological polar surface area (TPSA) is 77.9 Å². The quantitative estimate of drug-likeness (QED) is 0.338. The maximum absolute atomic E-state index is 12.9. The summed E-state index contributed by atoms with van der Waals surface area (Å²) in [6.45, 7) is 0. The summed E-state index contributed by atoms with van der Waals surface area (Å²) in [5.74, 6) is -1.08. The summed E-state index contributed by atoms with van der Waals surface area (Å²) < 4.78 is 77.2. The van der Waals surface area contributed by atoms with Crippen molar-refractivity contribution in [2.75, 3.05) is 0 Å². The fourth-order valence-electron chi connectivity index (χ4n) is 2.82. The Morgan fingerprint density at radius 2 is 1.58 bits per heavy atom. The second-order valence-corrected chi connectivity index (χ2v) is 5.93. The van der Waals surface area contributed by atoms with Gasteiger partial charge in [-0.1, -0.05) is 18.0 Å². The summed E-state index contributed by atoms with van der Waals surface area (Å²) in [6, 6.07) is -0.534. The van der Waals surface area contributed by atoms with Gasteiger partial charge in [-0.3, -0.25) is 4.79 Å². The Hall–Kier alpha value is -2.42. The van der Waals surface area contributed by atoms with E-state index in [-0.39, 0.29) is 6.07 Å². The van der Waals surface area contributed by atoms with Crippen LogP contribution in [0.4, 0.5) is 26.3 Å². The molecule has 0 spiro atoms. The van der Waals surface area contributed by atoms with Gasteiger partial charge in [0, 0.05) is 16.5 Å². The van der Waals surface area contributed by atoms with Gasteiger partial charge in [-0.25, -0.2) is 0 Å². The number of benzene rings is 1. The van der Waals surface area contributed by atoms with Gasteiger partial charge in [-0.2, -0.15) is 26.3 Å². The highest BCUT2D eigenvalue weighted by atomic mass is 19.4. The molecule has 0 bridgehead atoms. The largest absolute Gasteiger partial charge is 0.416 e. The second-order valence-electron chi connectivity index (χ2n) is 5.93. The van der Waals surface area contributed by atoms with Crippen molar-refractivity contribution in [3.63, 3.8) is 0 Å². The molecule has 2 rings (SSSR count). The molecule has 1 aliphatic rings. The second kappa shape index (κ2) is 7.45. The standard InChI is InChI=1S/C15H14F6N4O/c16-14(17,18)9-5-8(6-10(7-9)15(19,20)21)13(26)23-11-3-1-2-4-12(11)24-25-22/h5-7,11-12H,1-4H2,(H,23,26)/t11-,12-/m1/s1. The van der Waals surface area contributed by atoms with Crippen LogP contribution in [-0.4, -0.2) is 18.0 Å². The molecule has 1 saturated carbocycles. The van der Waals surface area contributed by atoms with Crippen LogP contribution >= 0.6 is 0 Å². The van der Waals surface area contributed by atoms with E-state index in [0.29, 0.717) is 31.4 Å². The van der Waals surface area contributed by atoms with Gasteiger partial charge < -0.3 is 5.32 Å². The van der Waals surface area contributed by atoms with E-state index in [1.807, 2.05) is 0 Å². The summed E-state index contributed by atoms with van der Waals surface area (Å²) in [4.78, 5) is 14.9. The number of azide groups is 1. The zero-order chi connectivity index (χ0) is 19.5. The highest BCUT2D eigenvalue weighted by Crippen LogP contribution is 2.36. The highest BCUT2D eigenvalue weighted by Gasteiger charge is 2.38. The number of alkyl halides is 6. The van der Waals surface area contributed by atoms with Crippen molar-refractivity contribution in [2.24, 2.45) is 5.11 Å². The van der Waals surface area contributed by atoms with Gasteiger partial charge in [0.25, 0.3) is 5.91 Å². The Kier molecular flexibility index (Phi) is 5.70. The van der Waals surface area contributed by atoms with Crippen LogP contribution in [0.2, 0.25) is 0 Å². The number of hydrogen-bond donors (Lipinski definition) is 1. The normalized spacial score (nSPS) is 21.0. The third kappa shape index (κ3) is 4.81. The first-order valence-electron chi connectivity index (χ1n) is 7.67. The average Bonchev–Trinajstić information content (AvgIpc) is 2.55. The number of amides is 1. The molecule has 26 heavy (non-hydrogen) atoms. The van der Waals surface area contributed by atoms with Crippen LogP contribution in [0.3, 0.4) is 0 Å². The summed E-state index contributed by atoms with van der Waals surface area (Å²) >= 11 is 0. The van der Waals surface area contributed by atoms with Gasteiger partial charge in [-0.05, 0) is 36.6 Å². The van der Waals surface area contributed by atoms with Crippen molar-refractivity contribution in [1.82, 2.24) is 5.32 Å². The van der Waals surface area contributed by atoms with Crippen molar-refractivity contribution in [2.45, 2.75) is 50.1 Å². The predicted octanol–water partition coefficient (Wildman–Crippen LogP) is 5.08. The number of halogens is 6. The fourth-order valence-corrected chi connectivity index (χ4v) is 2.82. The molecule has 11 heteroatoms. The van der Waals surface area contributed by atoms with Gasteiger partial charge in [-0.15, -0.1) is 0 Å². The number of carbonyl (C=O) groups excluding carboxylic acids is 1. The molecule has 0 radical (unpaired) electrons. The van der Waals surface area contributed by atoms with E-state index in [9.17, 15) is 31.1 Å². The first kappa shape index (κ1) is 19.9. The van der Waals surface area contributed by atoms with Crippen LogP contribution in [0.15, 0.2) is 23.3 Å². The molecule has 1 aromatic carbocycles. The van der Waals surface area contributed by atoms with Crippen LogP contribution in [0, 0.1) is 0 Å². The lowest BCUT2D eigenvalue weighted by molar-refractivity contribution is -0.143. The molecule has 1 N–H and O–H groups in total. The maximum Gasteiger partial charge on any atom is 0.416 e. The minimum Gasteiger partial charge on any atom is -0.349 e. The molecule has 0 unspecified atom stereocenters. The number of carbonyl (C=O) groups is 1. The third-order valence-electron chi connectivity index (χ3n) is 4.10. The maximum atomic E-state index is 12.9. The highest BCUT2D eigenvalue weighted by molar-refractivity contribution is 5.95. The van der Waals surface area contributed by atoms with E-state index in [2.05, 4.69) is 15.3 Å². The lowest BCUT2D eigenvalue weighted by Crippen LogP contribution is -2.44.